The molecule has 0 spiro atoms. The molecule has 0 aliphatic carbocycles. The molecule has 0 saturated carbocycles. The lowest BCUT2D eigenvalue weighted by atomic mass is 10.0. The third kappa shape index (κ3) is 6.42. The summed E-state index contributed by atoms with van der Waals surface area (Å²) >= 11 is 0. The molecule has 1 aromatic rings. The number of aliphatic hydroxyl groups is 2. The molecule has 0 fully saturated rings. The van der Waals surface area contributed by atoms with Crippen LogP contribution in [-0.4, -0.2) is 41.7 Å². The van der Waals surface area contributed by atoms with Crippen LogP contribution < -0.4 is 10.1 Å². The number of ether oxygens (including phenoxy) is 2. The molecule has 3 N–H and O–H groups in total. The van der Waals surface area contributed by atoms with Crippen molar-refractivity contribution in [3.05, 3.63) is 29.6 Å². The first kappa shape index (κ1) is 19.2. The van der Waals surface area contributed by atoms with Crippen molar-refractivity contribution in [2.75, 3.05) is 13.7 Å². The first-order chi connectivity index (χ1) is 10.6. The number of rotatable bonds is 6. The zero-order valence-electron chi connectivity index (χ0n) is 13.8. The minimum absolute atomic E-state index is 0.0133. The second-order valence-electron chi connectivity index (χ2n) is 6.12. The van der Waals surface area contributed by atoms with Crippen molar-refractivity contribution >= 4 is 6.09 Å². The Kier molecular flexibility index (Phi) is 6.78. The standard InChI is InChI=1S/C16H24FNO5/c1-16(2,3)23-15(21)18-8-7-12(19)14(20)10-5-6-11(17)13(9-10)22-4/h5-6,9,12,14,19-20H,7-8H2,1-4H3,(H,18,21). The quantitative estimate of drug-likeness (QED) is 0.744. The fraction of sp³-hybridized carbons (Fsp3) is 0.562. The van der Waals surface area contributed by atoms with Gasteiger partial charge in [-0.1, -0.05) is 6.07 Å². The molecule has 1 amide bonds. The second-order valence-corrected chi connectivity index (χ2v) is 6.12. The third-order valence-corrected chi connectivity index (χ3v) is 2.99. The van der Waals surface area contributed by atoms with Crippen molar-refractivity contribution in [2.45, 2.75) is 45.0 Å². The highest BCUT2D eigenvalue weighted by Gasteiger charge is 2.21. The van der Waals surface area contributed by atoms with Gasteiger partial charge in [-0.15, -0.1) is 0 Å². The van der Waals surface area contributed by atoms with Crippen molar-refractivity contribution < 1.29 is 28.9 Å². The molecule has 0 radical (unpaired) electrons. The summed E-state index contributed by atoms with van der Waals surface area (Å²) in [6.45, 7) is 5.36. The Morgan fingerprint density at radius 2 is 2.00 bits per heavy atom. The molecule has 0 aromatic heterocycles. The fourth-order valence-corrected chi connectivity index (χ4v) is 1.88. The number of carbonyl (C=O) groups excluding carboxylic acids is 1. The molecule has 7 heteroatoms. The Labute approximate surface area is 135 Å². The Balaban J connectivity index is 2.51. The highest BCUT2D eigenvalue weighted by Crippen LogP contribution is 2.25. The van der Waals surface area contributed by atoms with Gasteiger partial charge in [0.25, 0.3) is 0 Å². The Morgan fingerprint density at radius 3 is 2.57 bits per heavy atom. The van der Waals surface area contributed by atoms with Crippen LogP contribution >= 0.6 is 0 Å². The van der Waals surface area contributed by atoms with E-state index in [1.807, 2.05) is 0 Å². The van der Waals surface area contributed by atoms with Gasteiger partial charge in [0, 0.05) is 6.54 Å². The van der Waals surface area contributed by atoms with E-state index in [0.717, 1.165) is 6.07 Å². The number of alkyl carbamates (subject to hydrolysis) is 1. The maximum Gasteiger partial charge on any atom is 0.407 e. The van der Waals surface area contributed by atoms with E-state index < -0.39 is 29.7 Å². The number of halogens is 1. The summed E-state index contributed by atoms with van der Waals surface area (Å²) in [6, 6.07) is 3.85. The van der Waals surface area contributed by atoms with E-state index in [1.165, 1.54) is 19.2 Å². The van der Waals surface area contributed by atoms with Gasteiger partial charge in [-0.2, -0.15) is 0 Å². The minimum Gasteiger partial charge on any atom is -0.494 e. The van der Waals surface area contributed by atoms with Gasteiger partial charge in [-0.05, 0) is 44.9 Å². The Morgan fingerprint density at radius 1 is 1.35 bits per heavy atom. The third-order valence-electron chi connectivity index (χ3n) is 2.99. The lowest BCUT2D eigenvalue weighted by molar-refractivity contribution is 0.0121. The van der Waals surface area contributed by atoms with Crippen LogP contribution in [0.4, 0.5) is 9.18 Å². The van der Waals surface area contributed by atoms with Gasteiger partial charge in [0.2, 0.25) is 0 Å². The molecule has 2 unspecified atom stereocenters. The number of hydrogen-bond acceptors (Lipinski definition) is 5. The van der Waals surface area contributed by atoms with Crippen molar-refractivity contribution in [1.29, 1.82) is 0 Å². The van der Waals surface area contributed by atoms with E-state index in [2.05, 4.69) is 5.32 Å². The van der Waals surface area contributed by atoms with Crippen LogP contribution in [0.2, 0.25) is 0 Å². The molecule has 0 heterocycles. The largest absolute Gasteiger partial charge is 0.494 e. The molecule has 6 nitrogen and oxygen atoms in total. The van der Waals surface area contributed by atoms with Crippen molar-refractivity contribution in [2.24, 2.45) is 0 Å². The van der Waals surface area contributed by atoms with Crippen LogP contribution in [0.25, 0.3) is 0 Å². The molecule has 0 aliphatic rings. The molecule has 0 bridgehead atoms. The molecule has 1 aromatic carbocycles. The molecule has 0 aliphatic heterocycles. The molecule has 1 rings (SSSR count). The van der Waals surface area contributed by atoms with Gasteiger partial charge in [0.15, 0.2) is 11.6 Å². The van der Waals surface area contributed by atoms with E-state index in [4.69, 9.17) is 9.47 Å². The predicted molar refractivity (Wildman–Crippen MR) is 82.8 cm³/mol. The minimum atomic E-state index is -1.22. The number of hydrogen-bond donors (Lipinski definition) is 3. The molecule has 2 atom stereocenters. The molecule has 23 heavy (non-hydrogen) atoms. The number of aliphatic hydroxyl groups excluding tert-OH is 2. The smallest absolute Gasteiger partial charge is 0.407 e. The number of amides is 1. The first-order valence-electron chi connectivity index (χ1n) is 7.30. The maximum atomic E-state index is 13.3. The van der Waals surface area contributed by atoms with E-state index in [1.54, 1.807) is 20.8 Å². The molecular formula is C16H24FNO5. The summed E-state index contributed by atoms with van der Waals surface area (Å²) in [5.41, 5.74) is -0.277. The number of carbonyl (C=O) groups is 1. The summed E-state index contributed by atoms with van der Waals surface area (Å²) in [5, 5.41) is 22.5. The Bertz CT molecular complexity index is 530. The van der Waals surface area contributed by atoms with Crippen LogP contribution in [0.3, 0.4) is 0 Å². The van der Waals surface area contributed by atoms with Gasteiger partial charge in [-0.3, -0.25) is 0 Å². The topological polar surface area (TPSA) is 88.0 Å². The van der Waals surface area contributed by atoms with Crippen LogP contribution in [0, 0.1) is 5.82 Å². The molecular weight excluding hydrogens is 305 g/mol. The summed E-state index contributed by atoms with van der Waals surface area (Å²) in [4.78, 5) is 11.5. The monoisotopic (exact) mass is 329 g/mol. The van der Waals surface area contributed by atoms with Gasteiger partial charge >= 0.3 is 6.09 Å². The second kappa shape index (κ2) is 8.12. The van der Waals surface area contributed by atoms with Crippen LogP contribution in [0.15, 0.2) is 18.2 Å². The fourth-order valence-electron chi connectivity index (χ4n) is 1.88. The van der Waals surface area contributed by atoms with Crippen LogP contribution in [-0.2, 0) is 4.74 Å². The van der Waals surface area contributed by atoms with Gasteiger partial charge < -0.3 is 25.0 Å². The summed E-state index contributed by atoms with van der Waals surface area (Å²) in [6.07, 6.45) is -2.83. The highest BCUT2D eigenvalue weighted by molar-refractivity contribution is 5.67. The number of benzene rings is 1. The van der Waals surface area contributed by atoms with Gasteiger partial charge in [-0.25, -0.2) is 9.18 Å². The summed E-state index contributed by atoms with van der Waals surface area (Å²) in [7, 11) is 1.32. The number of methoxy groups -OCH3 is 1. The molecule has 130 valence electrons. The average molecular weight is 329 g/mol. The summed E-state index contributed by atoms with van der Waals surface area (Å²) < 4.78 is 23.2. The van der Waals surface area contributed by atoms with E-state index in [0.29, 0.717) is 5.56 Å². The maximum absolute atomic E-state index is 13.3. The number of nitrogens with one attached hydrogen (secondary N) is 1. The summed E-state index contributed by atoms with van der Waals surface area (Å²) in [5.74, 6) is -0.565. The SMILES string of the molecule is COc1cc(C(O)C(O)CCNC(=O)OC(C)(C)C)ccc1F. The van der Waals surface area contributed by atoms with E-state index >= 15 is 0 Å². The lowest BCUT2D eigenvalue weighted by Gasteiger charge is -2.21. The predicted octanol–water partition coefficient (Wildman–Crippen LogP) is 2.14. The average Bonchev–Trinajstić information content (AvgIpc) is 2.45. The zero-order chi connectivity index (χ0) is 17.6. The van der Waals surface area contributed by atoms with Gasteiger partial charge in [0.1, 0.15) is 11.7 Å². The first-order valence-corrected chi connectivity index (χ1v) is 7.30. The van der Waals surface area contributed by atoms with Crippen molar-refractivity contribution in [3.63, 3.8) is 0 Å². The Hall–Kier alpha value is -1.86. The lowest BCUT2D eigenvalue weighted by Crippen LogP contribution is -2.34. The van der Waals surface area contributed by atoms with Crippen molar-refractivity contribution in [3.8, 4) is 5.75 Å². The van der Waals surface area contributed by atoms with Gasteiger partial charge in [0.05, 0.1) is 13.2 Å². The highest BCUT2D eigenvalue weighted by atomic mass is 19.1. The normalized spacial score (nSPS) is 14.0. The van der Waals surface area contributed by atoms with E-state index in [9.17, 15) is 19.4 Å². The zero-order valence-corrected chi connectivity index (χ0v) is 13.8. The van der Waals surface area contributed by atoms with Crippen LogP contribution in [0.5, 0.6) is 5.75 Å². The van der Waals surface area contributed by atoms with Crippen molar-refractivity contribution in [1.82, 2.24) is 5.32 Å². The van der Waals surface area contributed by atoms with E-state index in [-0.39, 0.29) is 18.7 Å². The van der Waals surface area contributed by atoms with Crippen LogP contribution in [0.1, 0.15) is 38.9 Å². The molecule has 0 saturated heterocycles.